The summed E-state index contributed by atoms with van der Waals surface area (Å²) in [5, 5.41) is 0. The van der Waals surface area contributed by atoms with Crippen molar-refractivity contribution < 1.29 is 9.53 Å². The molecular formula is C20H26BrN3O2. The van der Waals surface area contributed by atoms with Crippen LogP contribution >= 0.6 is 15.9 Å². The minimum atomic E-state index is -0.365. The molecule has 1 fully saturated rings. The van der Waals surface area contributed by atoms with Crippen molar-refractivity contribution in [3.05, 3.63) is 45.7 Å². The van der Waals surface area contributed by atoms with Gasteiger partial charge in [0.05, 0.1) is 18.8 Å². The van der Waals surface area contributed by atoms with E-state index >= 15 is 0 Å². The number of aromatic nitrogens is 1. The Hall–Kier alpha value is -1.63. The molecule has 0 saturated carbocycles. The fourth-order valence-corrected chi connectivity index (χ4v) is 4.03. The first-order chi connectivity index (χ1) is 12.5. The first kappa shape index (κ1) is 19.1. The fraction of sp³-hybridized carbons (Fsp3) is 0.450. The lowest BCUT2D eigenvalue weighted by Gasteiger charge is -2.26. The van der Waals surface area contributed by atoms with E-state index in [2.05, 4.69) is 32.3 Å². The highest BCUT2D eigenvalue weighted by Gasteiger charge is 2.22. The van der Waals surface area contributed by atoms with Crippen LogP contribution in [0.1, 0.15) is 28.2 Å². The largest absolute Gasteiger partial charge is 0.379 e. The van der Waals surface area contributed by atoms with Gasteiger partial charge in [0, 0.05) is 47.6 Å². The summed E-state index contributed by atoms with van der Waals surface area (Å²) in [5.41, 5.74) is 10.4. The van der Waals surface area contributed by atoms with Crippen molar-refractivity contribution in [2.45, 2.75) is 26.8 Å². The molecule has 1 saturated heterocycles. The number of nitrogens with zero attached hydrogens (tertiary/aromatic N) is 2. The summed E-state index contributed by atoms with van der Waals surface area (Å²) in [6.45, 7) is 9.63. The van der Waals surface area contributed by atoms with Gasteiger partial charge in [0.2, 0.25) is 0 Å². The number of hydrogen-bond acceptors (Lipinski definition) is 3. The fourth-order valence-electron chi connectivity index (χ4n) is 3.77. The van der Waals surface area contributed by atoms with Gasteiger partial charge in [-0.25, -0.2) is 0 Å². The van der Waals surface area contributed by atoms with Gasteiger partial charge in [-0.1, -0.05) is 28.1 Å². The number of hydrogen-bond donors (Lipinski definition) is 1. The molecular weight excluding hydrogens is 394 g/mol. The number of ether oxygens (including phenoxy) is 1. The van der Waals surface area contributed by atoms with Crippen molar-refractivity contribution in [3.8, 4) is 11.1 Å². The van der Waals surface area contributed by atoms with E-state index in [1.54, 1.807) is 0 Å². The maximum atomic E-state index is 12.1. The Morgan fingerprint density at radius 1 is 1.12 bits per heavy atom. The topological polar surface area (TPSA) is 60.5 Å². The van der Waals surface area contributed by atoms with Crippen molar-refractivity contribution in [3.63, 3.8) is 0 Å². The third kappa shape index (κ3) is 4.03. The number of carbonyl (C=O) groups is 1. The number of rotatable bonds is 6. The lowest BCUT2D eigenvalue weighted by atomic mass is 10.0. The Labute approximate surface area is 163 Å². The smallest absolute Gasteiger partial charge is 0.251 e. The first-order valence-electron chi connectivity index (χ1n) is 9.04. The molecule has 1 aromatic carbocycles. The minimum Gasteiger partial charge on any atom is -0.379 e. The van der Waals surface area contributed by atoms with Crippen LogP contribution in [0.5, 0.6) is 0 Å². The van der Waals surface area contributed by atoms with Crippen molar-refractivity contribution >= 4 is 21.8 Å². The highest BCUT2D eigenvalue weighted by Crippen LogP contribution is 2.33. The Bertz CT molecular complexity index is 777. The lowest BCUT2D eigenvalue weighted by Crippen LogP contribution is -2.37. The van der Waals surface area contributed by atoms with Crippen LogP contribution in [0, 0.1) is 13.8 Å². The molecule has 6 heteroatoms. The summed E-state index contributed by atoms with van der Waals surface area (Å²) in [6.07, 6.45) is 1.04. The van der Waals surface area contributed by atoms with E-state index in [1.165, 1.54) is 0 Å². The maximum Gasteiger partial charge on any atom is 0.251 e. The quantitative estimate of drug-likeness (QED) is 0.780. The van der Waals surface area contributed by atoms with E-state index in [1.807, 2.05) is 31.2 Å². The van der Waals surface area contributed by atoms with Crippen LogP contribution in [0.25, 0.3) is 11.1 Å². The van der Waals surface area contributed by atoms with E-state index < -0.39 is 0 Å². The number of nitrogens with two attached hydrogens (primary N) is 1. The predicted octanol–water partition coefficient (Wildman–Crippen LogP) is 3.36. The summed E-state index contributed by atoms with van der Waals surface area (Å²) in [6, 6.07) is 8.03. The van der Waals surface area contributed by atoms with Gasteiger partial charge in [0.1, 0.15) is 0 Å². The molecule has 1 aliphatic rings. The molecule has 0 atom stereocenters. The molecule has 2 N–H and O–H groups in total. The molecule has 140 valence electrons. The Morgan fingerprint density at radius 3 is 2.38 bits per heavy atom. The first-order valence-corrected chi connectivity index (χ1v) is 9.84. The number of carbonyl (C=O) groups excluding carboxylic acids is 1. The van der Waals surface area contributed by atoms with Crippen LogP contribution in [0.2, 0.25) is 0 Å². The van der Waals surface area contributed by atoms with Crippen molar-refractivity contribution in [2.75, 3.05) is 32.8 Å². The molecule has 5 nitrogen and oxygen atoms in total. The zero-order valence-electron chi connectivity index (χ0n) is 15.4. The van der Waals surface area contributed by atoms with Gasteiger partial charge in [0.25, 0.3) is 5.91 Å². The molecule has 1 aromatic heterocycles. The van der Waals surface area contributed by atoms with Crippen LogP contribution in [-0.4, -0.2) is 48.2 Å². The molecule has 1 aliphatic heterocycles. The van der Waals surface area contributed by atoms with Crippen molar-refractivity contribution in [2.24, 2.45) is 5.73 Å². The molecule has 0 unspecified atom stereocenters. The number of halogens is 1. The molecule has 2 aromatic rings. The van der Waals surface area contributed by atoms with E-state index in [0.717, 1.165) is 72.8 Å². The van der Waals surface area contributed by atoms with E-state index in [4.69, 9.17) is 10.5 Å². The molecule has 0 bridgehead atoms. The number of benzene rings is 1. The van der Waals surface area contributed by atoms with Crippen LogP contribution in [0.4, 0.5) is 0 Å². The maximum absolute atomic E-state index is 12.1. The highest BCUT2D eigenvalue weighted by molar-refractivity contribution is 9.10. The third-order valence-corrected chi connectivity index (χ3v) is 5.65. The van der Waals surface area contributed by atoms with Gasteiger partial charge in [-0.3, -0.25) is 9.69 Å². The Balaban J connectivity index is 1.85. The third-order valence-electron chi connectivity index (χ3n) is 5.12. The lowest BCUT2D eigenvalue weighted by molar-refractivity contribution is 0.0369. The molecule has 0 aliphatic carbocycles. The standard InChI is InChI=1S/C20H26BrN3O2/c1-14-18(16-4-6-17(21)7-5-16)19(20(22)25)15(2)24(14)9-3-8-23-10-12-26-13-11-23/h4-7H,3,8-13H2,1-2H3,(H2,22,25). The zero-order valence-corrected chi connectivity index (χ0v) is 17.0. The zero-order chi connectivity index (χ0) is 18.7. The van der Waals surface area contributed by atoms with Gasteiger partial charge in [0.15, 0.2) is 0 Å². The average Bonchev–Trinajstić information content (AvgIpc) is 2.88. The molecule has 3 rings (SSSR count). The summed E-state index contributed by atoms with van der Waals surface area (Å²) in [5.74, 6) is -0.365. The van der Waals surface area contributed by atoms with Crippen LogP contribution < -0.4 is 5.73 Å². The van der Waals surface area contributed by atoms with Gasteiger partial charge < -0.3 is 15.0 Å². The van der Waals surface area contributed by atoms with Gasteiger partial charge in [-0.15, -0.1) is 0 Å². The summed E-state index contributed by atoms with van der Waals surface area (Å²) in [7, 11) is 0. The van der Waals surface area contributed by atoms with Crippen molar-refractivity contribution in [1.82, 2.24) is 9.47 Å². The second kappa shape index (κ2) is 8.37. The molecule has 26 heavy (non-hydrogen) atoms. The second-order valence-corrected chi connectivity index (χ2v) is 7.67. The van der Waals surface area contributed by atoms with E-state index in [-0.39, 0.29) is 5.91 Å². The summed E-state index contributed by atoms with van der Waals surface area (Å²) >= 11 is 3.47. The summed E-state index contributed by atoms with van der Waals surface area (Å²) < 4.78 is 8.65. The SMILES string of the molecule is Cc1c(C(N)=O)c(-c2ccc(Br)cc2)c(C)n1CCCN1CCOCC1. The van der Waals surface area contributed by atoms with E-state index in [9.17, 15) is 4.79 Å². The number of morpholine rings is 1. The predicted molar refractivity (Wildman–Crippen MR) is 107 cm³/mol. The molecule has 0 spiro atoms. The average molecular weight is 420 g/mol. The molecule has 1 amide bonds. The number of amides is 1. The normalized spacial score (nSPS) is 15.3. The molecule has 2 heterocycles. The van der Waals surface area contributed by atoms with Gasteiger partial charge in [-0.05, 0) is 38.0 Å². The minimum absolute atomic E-state index is 0.365. The highest BCUT2D eigenvalue weighted by atomic mass is 79.9. The second-order valence-electron chi connectivity index (χ2n) is 6.75. The summed E-state index contributed by atoms with van der Waals surface area (Å²) in [4.78, 5) is 14.6. The molecule has 0 radical (unpaired) electrons. The van der Waals surface area contributed by atoms with Crippen LogP contribution in [0.3, 0.4) is 0 Å². The Morgan fingerprint density at radius 2 is 1.77 bits per heavy atom. The van der Waals surface area contributed by atoms with Crippen LogP contribution in [0.15, 0.2) is 28.7 Å². The van der Waals surface area contributed by atoms with Gasteiger partial charge in [-0.2, -0.15) is 0 Å². The van der Waals surface area contributed by atoms with Crippen molar-refractivity contribution in [1.29, 1.82) is 0 Å². The van der Waals surface area contributed by atoms with Gasteiger partial charge >= 0.3 is 0 Å². The number of primary amides is 1. The van der Waals surface area contributed by atoms with Crippen LogP contribution in [-0.2, 0) is 11.3 Å². The van der Waals surface area contributed by atoms with E-state index in [0.29, 0.717) is 5.56 Å². The monoisotopic (exact) mass is 419 g/mol. The Kier molecular flexibility index (Phi) is 6.16.